The molecule has 1 amide bonds. The first-order valence-electron chi connectivity index (χ1n) is 8.36. The molecule has 0 unspecified atom stereocenters. The van der Waals surface area contributed by atoms with Crippen molar-refractivity contribution >= 4 is 11.6 Å². The minimum atomic E-state index is 0.0298. The van der Waals surface area contributed by atoms with Gasteiger partial charge in [-0.25, -0.2) is 0 Å². The minimum absolute atomic E-state index is 0.0298. The van der Waals surface area contributed by atoms with Crippen LogP contribution in [0.4, 0.5) is 5.69 Å². The molecular weight excluding hydrogens is 286 g/mol. The second-order valence-electron chi connectivity index (χ2n) is 5.93. The van der Waals surface area contributed by atoms with Gasteiger partial charge in [-0.1, -0.05) is 12.1 Å². The molecule has 0 bridgehead atoms. The third-order valence-electron chi connectivity index (χ3n) is 4.27. The molecule has 4 nitrogen and oxygen atoms in total. The molecule has 1 saturated heterocycles. The van der Waals surface area contributed by atoms with Crippen LogP contribution in [0.15, 0.2) is 48.8 Å². The van der Waals surface area contributed by atoms with E-state index in [2.05, 4.69) is 21.3 Å². The van der Waals surface area contributed by atoms with E-state index in [0.29, 0.717) is 6.54 Å². The molecule has 1 fully saturated rings. The van der Waals surface area contributed by atoms with Crippen molar-refractivity contribution in [2.24, 2.45) is 0 Å². The van der Waals surface area contributed by atoms with Crippen LogP contribution < -0.4 is 10.2 Å². The van der Waals surface area contributed by atoms with Gasteiger partial charge >= 0.3 is 0 Å². The third-order valence-corrected chi connectivity index (χ3v) is 4.27. The molecule has 3 rings (SSSR count). The van der Waals surface area contributed by atoms with Gasteiger partial charge in [0, 0.05) is 37.7 Å². The molecule has 1 aromatic carbocycles. The number of nitrogens with zero attached hydrogens (tertiary/aromatic N) is 2. The van der Waals surface area contributed by atoms with Gasteiger partial charge in [0.25, 0.3) is 5.91 Å². The topological polar surface area (TPSA) is 45.2 Å². The van der Waals surface area contributed by atoms with E-state index in [4.69, 9.17) is 0 Å². The van der Waals surface area contributed by atoms with Crippen molar-refractivity contribution in [3.63, 3.8) is 0 Å². The number of carbonyl (C=O) groups excluding carboxylic acids is 1. The number of amides is 1. The van der Waals surface area contributed by atoms with Crippen molar-refractivity contribution in [3.8, 4) is 0 Å². The first-order valence-corrected chi connectivity index (χ1v) is 8.36. The number of hydrogen-bond acceptors (Lipinski definition) is 3. The lowest BCUT2D eigenvalue weighted by Gasteiger charge is -2.20. The number of benzene rings is 1. The zero-order valence-electron chi connectivity index (χ0n) is 13.4. The van der Waals surface area contributed by atoms with Crippen LogP contribution in [0.5, 0.6) is 0 Å². The van der Waals surface area contributed by atoms with Crippen molar-refractivity contribution in [2.45, 2.75) is 25.7 Å². The fourth-order valence-corrected chi connectivity index (χ4v) is 3.04. The Labute approximate surface area is 137 Å². The summed E-state index contributed by atoms with van der Waals surface area (Å²) in [4.78, 5) is 18.8. The van der Waals surface area contributed by atoms with Gasteiger partial charge in [0.1, 0.15) is 0 Å². The summed E-state index contributed by atoms with van der Waals surface area (Å²) in [6.07, 6.45) is 7.92. The summed E-state index contributed by atoms with van der Waals surface area (Å²) in [5.74, 6) is 0.0298. The molecule has 23 heavy (non-hydrogen) atoms. The predicted molar refractivity (Wildman–Crippen MR) is 92.8 cm³/mol. The van der Waals surface area contributed by atoms with Crippen LogP contribution in [0.3, 0.4) is 0 Å². The fraction of sp³-hybridized carbons (Fsp3) is 0.368. The number of aromatic nitrogens is 1. The molecule has 1 N–H and O–H groups in total. The first kappa shape index (κ1) is 15.5. The van der Waals surface area contributed by atoms with E-state index in [1.807, 2.05) is 30.3 Å². The van der Waals surface area contributed by atoms with Gasteiger partial charge < -0.3 is 10.2 Å². The molecule has 4 heteroatoms. The number of anilines is 1. The highest BCUT2D eigenvalue weighted by molar-refractivity contribution is 5.99. The van der Waals surface area contributed by atoms with Crippen LogP contribution in [-0.2, 0) is 6.42 Å². The molecule has 1 aliphatic rings. The fourth-order valence-electron chi connectivity index (χ4n) is 3.04. The Kier molecular flexibility index (Phi) is 5.25. The van der Waals surface area contributed by atoms with Crippen LogP contribution in [0, 0.1) is 0 Å². The van der Waals surface area contributed by atoms with E-state index >= 15 is 0 Å². The van der Waals surface area contributed by atoms with Gasteiger partial charge in [0.05, 0.1) is 5.56 Å². The lowest BCUT2D eigenvalue weighted by Crippen LogP contribution is -2.28. The lowest BCUT2D eigenvalue weighted by atomic mass is 10.1. The smallest absolute Gasteiger partial charge is 0.253 e. The Balaban J connectivity index is 1.54. The number of rotatable bonds is 6. The molecule has 120 valence electrons. The van der Waals surface area contributed by atoms with Gasteiger partial charge in [0.15, 0.2) is 0 Å². The summed E-state index contributed by atoms with van der Waals surface area (Å²) >= 11 is 0. The zero-order chi connectivity index (χ0) is 15.9. The molecular formula is C19H23N3O. The number of aryl methyl sites for hydroxylation is 1. The lowest BCUT2D eigenvalue weighted by molar-refractivity contribution is 0.0953. The van der Waals surface area contributed by atoms with E-state index in [-0.39, 0.29) is 5.91 Å². The number of pyridine rings is 1. The molecule has 1 aliphatic heterocycles. The Morgan fingerprint density at radius 3 is 2.61 bits per heavy atom. The Morgan fingerprint density at radius 2 is 1.83 bits per heavy atom. The average Bonchev–Trinajstić information content (AvgIpc) is 3.14. The van der Waals surface area contributed by atoms with E-state index in [0.717, 1.165) is 37.2 Å². The molecule has 0 aliphatic carbocycles. The molecule has 1 aromatic heterocycles. The van der Waals surface area contributed by atoms with Crippen LogP contribution in [0.1, 0.15) is 35.2 Å². The SMILES string of the molecule is O=C(NCCCc1ccncc1)c1ccccc1N1CCCC1. The third kappa shape index (κ3) is 4.09. The largest absolute Gasteiger partial charge is 0.371 e. The second kappa shape index (κ2) is 7.77. The summed E-state index contributed by atoms with van der Waals surface area (Å²) in [5.41, 5.74) is 3.11. The highest BCUT2D eigenvalue weighted by Crippen LogP contribution is 2.24. The maximum absolute atomic E-state index is 12.5. The second-order valence-corrected chi connectivity index (χ2v) is 5.93. The Bertz CT molecular complexity index is 636. The molecule has 2 heterocycles. The minimum Gasteiger partial charge on any atom is -0.371 e. The van der Waals surface area contributed by atoms with Gasteiger partial charge in [-0.05, 0) is 55.5 Å². The Morgan fingerprint density at radius 1 is 1.09 bits per heavy atom. The summed E-state index contributed by atoms with van der Waals surface area (Å²) in [5, 5.41) is 3.05. The van der Waals surface area contributed by atoms with Crippen molar-refractivity contribution in [1.29, 1.82) is 0 Å². The van der Waals surface area contributed by atoms with E-state index in [1.54, 1.807) is 12.4 Å². The normalized spacial score (nSPS) is 14.0. The van der Waals surface area contributed by atoms with Crippen molar-refractivity contribution in [1.82, 2.24) is 10.3 Å². The number of nitrogens with one attached hydrogen (secondary N) is 1. The van der Waals surface area contributed by atoms with E-state index < -0.39 is 0 Å². The van der Waals surface area contributed by atoms with Crippen molar-refractivity contribution in [3.05, 3.63) is 59.9 Å². The van der Waals surface area contributed by atoms with Gasteiger partial charge in [-0.2, -0.15) is 0 Å². The molecule has 0 spiro atoms. The van der Waals surface area contributed by atoms with Gasteiger partial charge in [-0.3, -0.25) is 9.78 Å². The summed E-state index contributed by atoms with van der Waals surface area (Å²) in [7, 11) is 0. The van der Waals surface area contributed by atoms with Crippen molar-refractivity contribution in [2.75, 3.05) is 24.5 Å². The van der Waals surface area contributed by atoms with Crippen LogP contribution in [0.25, 0.3) is 0 Å². The molecule has 2 aromatic rings. The van der Waals surface area contributed by atoms with Crippen molar-refractivity contribution < 1.29 is 4.79 Å². The molecule has 0 saturated carbocycles. The van der Waals surface area contributed by atoms with E-state index in [1.165, 1.54) is 18.4 Å². The predicted octanol–water partition coefficient (Wildman–Crippen LogP) is 3.04. The van der Waals surface area contributed by atoms with Crippen LogP contribution in [-0.4, -0.2) is 30.5 Å². The highest BCUT2D eigenvalue weighted by Gasteiger charge is 2.18. The summed E-state index contributed by atoms with van der Waals surface area (Å²) in [6, 6.07) is 12.0. The number of para-hydroxylation sites is 1. The highest BCUT2D eigenvalue weighted by atomic mass is 16.1. The molecule has 0 atom stereocenters. The monoisotopic (exact) mass is 309 g/mol. The Hall–Kier alpha value is -2.36. The maximum atomic E-state index is 12.5. The van der Waals surface area contributed by atoms with Crippen LogP contribution >= 0.6 is 0 Å². The number of hydrogen-bond donors (Lipinski definition) is 1. The standard InChI is InChI=1S/C19H23N3O/c23-19(21-11-5-6-16-9-12-20-13-10-16)17-7-1-2-8-18(17)22-14-3-4-15-22/h1-2,7-10,12-13H,3-6,11,14-15H2,(H,21,23). The zero-order valence-corrected chi connectivity index (χ0v) is 13.4. The maximum Gasteiger partial charge on any atom is 0.253 e. The first-order chi connectivity index (χ1) is 11.3. The van der Waals surface area contributed by atoms with Gasteiger partial charge in [0.2, 0.25) is 0 Å². The van der Waals surface area contributed by atoms with E-state index in [9.17, 15) is 4.79 Å². The number of carbonyl (C=O) groups is 1. The average molecular weight is 309 g/mol. The quantitative estimate of drug-likeness (QED) is 0.834. The van der Waals surface area contributed by atoms with Crippen LogP contribution in [0.2, 0.25) is 0 Å². The summed E-state index contributed by atoms with van der Waals surface area (Å²) in [6.45, 7) is 2.79. The summed E-state index contributed by atoms with van der Waals surface area (Å²) < 4.78 is 0. The van der Waals surface area contributed by atoms with Gasteiger partial charge in [-0.15, -0.1) is 0 Å². The molecule has 0 radical (unpaired) electrons.